The normalized spacial score (nSPS) is 16.7. The molecule has 7 heteroatoms. The van der Waals surface area contributed by atoms with Gasteiger partial charge in [-0.2, -0.15) is 0 Å². The molecule has 2 heterocycles. The van der Waals surface area contributed by atoms with E-state index >= 15 is 0 Å². The monoisotopic (exact) mass is 329 g/mol. The van der Waals surface area contributed by atoms with E-state index in [2.05, 4.69) is 20.5 Å². The van der Waals surface area contributed by atoms with E-state index in [4.69, 9.17) is 4.74 Å². The van der Waals surface area contributed by atoms with E-state index in [0.717, 1.165) is 38.4 Å². The maximum atomic E-state index is 12.2. The number of amides is 1. The first kappa shape index (κ1) is 16.6. The van der Waals surface area contributed by atoms with Crippen molar-refractivity contribution in [2.24, 2.45) is 0 Å². The highest BCUT2D eigenvalue weighted by atomic mass is 16.5. The second-order valence-electron chi connectivity index (χ2n) is 5.88. The smallest absolute Gasteiger partial charge is 0.273 e. The predicted molar refractivity (Wildman–Crippen MR) is 89.9 cm³/mol. The van der Waals surface area contributed by atoms with Crippen molar-refractivity contribution in [1.29, 1.82) is 0 Å². The first-order valence-electron chi connectivity index (χ1n) is 8.29. The lowest BCUT2D eigenvalue weighted by atomic mass is 10.1. The van der Waals surface area contributed by atoms with Gasteiger partial charge in [0.15, 0.2) is 5.69 Å². The van der Waals surface area contributed by atoms with E-state index in [1.54, 1.807) is 10.9 Å². The molecule has 2 aromatic rings. The molecule has 0 bridgehead atoms. The molecular weight excluding hydrogens is 306 g/mol. The Labute approximate surface area is 141 Å². The molecular formula is C17H23N5O2. The number of carbonyl (C=O) groups is 1. The fraction of sp³-hybridized carbons (Fsp3) is 0.471. The summed E-state index contributed by atoms with van der Waals surface area (Å²) >= 11 is 0. The Hall–Kier alpha value is -2.25. The van der Waals surface area contributed by atoms with Crippen molar-refractivity contribution >= 4 is 5.91 Å². The third kappa shape index (κ3) is 4.18. The molecule has 0 radical (unpaired) electrons. The van der Waals surface area contributed by atoms with Gasteiger partial charge in [-0.25, -0.2) is 4.68 Å². The highest BCUT2D eigenvalue weighted by molar-refractivity contribution is 5.91. The standard InChI is InChI=1S/C17H23N5O2/c1-14(15-5-3-2-4-6-15)22-13-16(19-20-22)17(23)18-7-8-21-9-11-24-12-10-21/h2-6,13-14H,7-12H2,1H3,(H,18,23)/t14-/m1/s1. The van der Waals surface area contributed by atoms with Gasteiger partial charge in [0.2, 0.25) is 0 Å². The lowest BCUT2D eigenvalue weighted by Crippen LogP contribution is -2.41. The molecule has 0 spiro atoms. The number of carbonyl (C=O) groups excluding carboxylic acids is 1. The van der Waals surface area contributed by atoms with Crippen LogP contribution in [0.3, 0.4) is 0 Å². The Morgan fingerprint density at radius 2 is 2.04 bits per heavy atom. The Morgan fingerprint density at radius 3 is 2.79 bits per heavy atom. The number of hydrogen-bond donors (Lipinski definition) is 1. The molecule has 1 aromatic carbocycles. The topological polar surface area (TPSA) is 72.3 Å². The van der Waals surface area contributed by atoms with Gasteiger partial charge in [-0.3, -0.25) is 9.69 Å². The van der Waals surface area contributed by atoms with Gasteiger partial charge in [-0.15, -0.1) is 5.10 Å². The van der Waals surface area contributed by atoms with Crippen LogP contribution in [-0.4, -0.2) is 65.2 Å². The van der Waals surface area contributed by atoms with Crippen LogP contribution < -0.4 is 5.32 Å². The molecule has 0 unspecified atom stereocenters. The first-order valence-corrected chi connectivity index (χ1v) is 8.29. The van der Waals surface area contributed by atoms with Crippen LogP contribution in [0, 0.1) is 0 Å². The number of benzene rings is 1. The van der Waals surface area contributed by atoms with Crippen LogP contribution in [0.1, 0.15) is 29.0 Å². The second kappa shape index (κ2) is 8.03. The lowest BCUT2D eigenvalue weighted by Gasteiger charge is -2.26. The average Bonchev–Trinajstić information content (AvgIpc) is 3.13. The molecule has 0 aliphatic carbocycles. The number of hydrogen-bond acceptors (Lipinski definition) is 5. The van der Waals surface area contributed by atoms with E-state index in [1.807, 2.05) is 37.3 Å². The molecule has 1 aliphatic heterocycles. The molecule has 1 aliphatic rings. The van der Waals surface area contributed by atoms with E-state index < -0.39 is 0 Å². The number of morpholine rings is 1. The Kier molecular flexibility index (Phi) is 5.55. The molecule has 3 rings (SSSR count). The SMILES string of the molecule is C[C@H](c1ccccc1)n1cc(C(=O)NCCN2CCOCC2)nn1. The minimum Gasteiger partial charge on any atom is -0.379 e. The Bertz CT molecular complexity index is 652. The summed E-state index contributed by atoms with van der Waals surface area (Å²) in [6.07, 6.45) is 1.70. The number of nitrogens with one attached hydrogen (secondary N) is 1. The van der Waals surface area contributed by atoms with Gasteiger partial charge in [-0.05, 0) is 12.5 Å². The van der Waals surface area contributed by atoms with Crippen LogP contribution in [-0.2, 0) is 4.74 Å². The third-order valence-corrected chi connectivity index (χ3v) is 4.24. The van der Waals surface area contributed by atoms with Gasteiger partial charge in [0, 0.05) is 26.2 Å². The number of ether oxygens (including phenoxy) is 1. The quantitative estimate of drug-likeness (QED) is 0.854. The highest BCUT2D eigenvalue weighted by Crippen LogP contribution is 2.16. The molecule has 7 nitrogen and oxygen atoms in total. The Balaban J connectivity index is 1.52. The minimum absolute atomic E-state index is 0.0357. The largest absolute Gasteiger partial charge is 0.379 e. The van der Waals surface area contributed by atoms with Crippen molar-refractivity contribution < 1.29 is 9.53 Å². The molecule has 0 saturated carbocycles. The summed E-state index contributed by atoms with van der Waals surface area (Å²) in [6, 6.07) is 10.1. The van der Waals surface area contributed by atoms with E-state index in [1.165, 1.54) is 0 Å². The van der Waals surface area contributed by atoms with Gasteiger partial charge >= 0.3 is 0 Å². The minimum atomic E-state index is -0.185. The fourth-order valence-corrected chi connectivity index (χ4v) is 2.70. The van der Waals surface area contributed by atoms with Gasteiger partial charge < -0.3 is 10.1 Å². The molecule has 1 amide bonds. The fourth-order valence-electron chi connectivity index (χ4n) is 2.70. The molecule has 1 fully saturated rings. The van der Waals surface area contributed by atoms with Crippen LogP contribution in [0.25, 0.3) is 0 Å². The third-order valence-electron chi connectivity index (χ3n) is 4.24. The zero-order chi connectivity index (χ0) is 16.8. The summed E-state index contributed by atoms with van der Waals surface area (Å²) in [5.41, 5.74) is 1.47. The summed E-state index contributed by atoms with van der Waals surface area (Å²) in [6.45, 7) is 6.81. The van der Waals surface area contributed by atoms with E-state index in [-0.39, 0.29) is 11.9 Å². The van der Waals surface area contributed by atoms with Crippen LogP contribution in [0.4, 0.5) is 0 Å². The van der Waals surface area contributed by atoms with Crippen LogP contribution in [0.2, 0.25) is 0 Å². The molecule has 24 heavy (non-hydrogen) atoms. The van der Waals surface area contributed by atoms with Crippen molar-refractivity contribution in [2.75, 3.05) is 39.4 Å². The summed E-state index contributed by atoms with van der Waals surface area (Å²) in [4.78, 5) is 14.5. The molecule has 1 saturated heterocycles. The maximum Gasteiger partial charge on any atom is 0.273 e. The zero-order valence-corrected chi connectivity index (χ0v) is 13.9. The molecule has 1 aromatic heterocycles. The van der Waals surface area contributed by atoms with Gasteiger partial charge in [0.25, 0.3) is 5.91 Å². The molecule has 128 valence electrons. The van der Waals surface area contributed by atoms with Crippen molar-refractivity contribution in [2.45, 2.75) is 13.0 Å². The van der Waals surface area contributed by atoms with Crippen molar-refractivity contribution in [3.05, 3.63) is 47.8 Å². The number of nitrogens with zero attached hydrogens (tertiary/aromatic N) is 4. The summed E-state index contributed by atoms with van der Waals surface area (Å²) in [5.74, 6) is -0.185. The zero-order valence-electron chi connectivity index (χ0n) is 13.9. The van der Waals surface area contributed by atoms with Crippen LogP contribution >= 0.6 is 0 Å². The molecule has 1 atom stereocenters. The number of rotatable bonds is 6. The van der Waals surface area contributed by atoms with Crippen LogP contribution in [0.5, 0.6) is 0 Å². The summed E-state index contributed by atoms with van der Waals surface area (Å²) < 4.78 is 7.02. The van der Waals surface area contributed by atoms with Crippen molar-refractivity contribution in [3.63, 3.8) is 0 Å². The second-order valence-corrected chi connectivity index (χ2v) is 5.88. The van der Waals surface area contributed by atoms with Crippen molar-refractivity contribution in [3.8, 4) is 0 Å². The van der Waals surface area contributed by atoms with E-state index in [9.17, 15) is 4.79 Å². The highest BCUT2D eigenvalue weighted by Gasteiger charge is 2.15. The maximum absolute atomic E-state index is 12.2. The van der Waals surface area contributed by atoms with Gasteiger partial charge in [0.05, 0.1) is 25.5 Å². The number of aromatic nitrogens is 3. The Morgan fingerprint density at radius 1 is 1.29 bits per heavy atom. The summed E-state index contributed by atoms with van der Waals surface area (Å²) in [7, 11) is 0. The predicted octanol–water partition coefficient (Wildman–Crippen LogP) is 0.949. The van der Waals surface area contributed by atoms with Gasteiger partial charge in [0.1, 0.15) is 0 Å². The summed E-state index contributed by atoms with van der Waals surface area (Å²) in [5, 5.41) is 11.0. The van der Waals surface area contributed by atoms with Crippen molar-refractivity contribution in [1.82, 2.24) is 25.2 Å². The van der Waals surface area contributed by atoms with E-state index in [0.29, 0.717) is 12.2 Å². The molecule has 1 N–H and O–H groups in total. The first-order chi connectivity index (χ1) is 11.7. The van der Waals surface area contributed by atoms with Crippen LogP contribution in [0.15, 0.2) is 36.5 Å². The van der Waals surface area contributed by atoms with Gasteiger partial charge in [-0.1, -0.05) is 35.5 Å². The average molecular weight is 329 g/mol. The lowest BCUT2D eigenvalue weighted by molar-refractivity contribution is 0.0383.